The smallest absolute Gasteiger partial charge is 0.0541 e. The Bertz CT molecular complexity index is 315. The molecular formula is C14H22N2O. The van der Waals surface area contributed by atoms with E-state index >= 15 is 0 Å². The van der Waals surface area contributed by atoms with Crippen molar-refractivity contribution in [1.29, 1.82) is 0 Å². The van der Waals surface area contributed by atoms with E-state index in [0.717, 1.165) is 18.7 Å². The van der Waals surface area contributed by atoms with Gasteiger partial charge in [-0.25, -0.2) is 0 Å². The molecule has 17 heavy (non-hydrogen) atoms. The van der Waals surface area contributed by atoms with E-state index in [1.54, 1.807) is 0 Å². The molecule has 2 N–H and O–H groups in total. The molecule has 1 aromatic rings. The zero-order valence-electron chi connectivity index (χ0n) is 10.3. The fourth-order valence-corrected chi connectivity index (χ4v) is 2.61. The van der Waals surface area contributed by atoms with Crippen molar-refractivity contribution in [3.8, 4) is 0 Å². The molecule has 1 aliphatic rings. The van der Waals surface area contributed by atoms with Crippen LogP contribution in [0.15, 0.2) is 24.4 Å². The van der Waals surface area contributed by atoms with Gasteiger partial charge in [0, 0.05) is 25.4 Å². The van der Waals surface area contributed by atoms with Crippen LogP contribution in [0.5, 0.6) is 0 Å². The lowest BCUT2D eigenvalue weighted by Gasteiger charge is -2.24. The predicted molar refractivity (Wildman–Crippen MR) is 68.5 cm³/mol. The molecule has 94 valence electrons. The van der Waals surface area contributed by atoms with Crippen LogP contribution in [0.3, 0.4) is 0 Å². The molecule has 3 heteroatoms. The second kappa shape index (κ2) is 6.72. The molecule has 0 aromatic carbocycles. The lowest BCUT2D eigenvalue weighted by atomic mass is 9.95. The Hall–Kier alpha value is -0.930. The molecule has 2 rings (SSSR count). The Labute approximate surface area is 103 Å². The highest BCUT2D eigenvalue weighted by Crippen LogP contribution is 2.23. The monoisotopic (exact) mass is 234 g/mol. The number of aliphatic hydroxyl groups is 1. The highest BCUT2D eigenvalue weighted by Gasteiger charge is 2.22. The minimum absolute atomic E-state index is 0.305. The maximum Gasteiger partial charge on any atom is 0.0541 e. The van der Waals surface area contributed by atoms with Crippen LogP contribution in [0.2, 0.25) is 0 Å². The van der Waals surface area contributed by atoms with Gasteiger partial charge in [-0.15, -0.1) is 0 Å². The molecule has 2 atom stereocenters. The average molecular weight is 234 g/mol. The second-order valence-corrected chi connectivity index (χ2v) is 4.89. The maximum atomic E-state index is 9.43. The summed E-state index contributed by atoms with van der Waals surface area (Å²) in [5.74, 6) is 0.418. The molecule has 1 heterocycles. The Morgan fingerprint density at radius 3 is 2.88 bits per heavy atom. The number of nitrogens with zero attached hydrogens (tertiary/aromatic N) is 1. The van der Waals surface area contributed by atoms with Crippen molar-refractivity contribution >= 4 is 0 Å². The van der Waals surface area contributed by atoms with E-state index in [0.29, 0.717) is 18.6 Å². The number of aromatic nitrogens is 1. The zero-order chi connectivity index (χ0) is 11.9. The van der Waals surface area contributed by atoms with Crippen LogP contribution in [0.4, 0.5) is 0 Å². The van der Waals surface area contributed by atoms with Gasteiger partial charge in [0.05, 0.1) is 5.69 Å². The van der Waals surface area contributed by atoms with Crippen molar-refractivity contribution in [2.24, 2.45) is 5.92 Å². The SMILES string of the molecule is OCC1CCCCCC1NCc1ccccn1. The molecule has 2 unspecified atom stereocenters. The Balaban J connectivity index is 1.87. The van der Waals surface area contributed by atoms with Gasteiger partial charge in [-0.05, 0) is 30.9 Å². The molecule has 0 aliphatic heterocycles. The van der Waals surface area contributed by atoms with Crippen molar-refractivity contribution in [3.05, 3.63) is 30.1 Å². The molecule has 1 aromatic heterocycles. The van der Waals surface area contributed by atoms with Crippen molar-refractivity contribution < 1.29 is 5.11 Å². The van der Waals surface area contributed by atoms with E-state index in [-0.39, 0.29) is 0 Å². The lowest BCUT2D eigenvalue weighted by molar-refractivity contribution is 0.181. The van der Waals surface area contributed by atoms with Crippen LogP contribution < -0.4 is 5.32 Å². The largest absolute Gasteiger partial charge is 0.396 e. The topological polar surface area (TPSA) is 45.1 Å². The van der Waals surface area contributed by atoms with E-state index in [1.807, 2.05) is 24.4 Å². The fraction of sp³-hybridized carbons (Fsp3) is 0.643. The summed E-state index contributed by atoms with van der Waals surface area (Å²) < 4.78 is 0. The third-order valence-electron chi connectivity index (χ3n) is 3.67. The minimum Gasteiger partial charge on any atom is -0.396 e. The third kappa shape index (κ3) is 3.79. The van der Waals surface area contributed by atoms with Crippen LogP contribution in [0.25, 0.3) is 0 Å². The van der Waals surface area contributed by atoms with E-state index in [4.69, 9.17) is 0 Å². The number of nitrogens with one attached hydrogen (secondary N) is 1. The van der Waals surface area contributed by atoms with Crippen LogP contribution in [-0.2, 0) is 6.54 Å². The maximum absolute atomic E-state index is 9.43. The Morgan fingerprint density at radius 1 is 1.24 bits per heavy atom. The molecule has 0 spiro atoms. The molecule has 0 bridgehead atoms. The molecule has 0 amide bonds. The first-order valence-corrected chi connectivity index (χ1v) is 6.64. The van der Waals surface area contributed by atoms with Gasteiger partial charge in [0.1, 0.15) is 0 Å². The van der Waals surface area contributed by atoms with Gasteiger partial charge in [-0.1, -0.05) is 25.3 Å². The number of hydrogen-bond donors (Lipinski definition) is 2. The predicted octanol–water partition coefficient (Wildman–Crippen LogP) is 2.11. The van der Waals surface area contributed by atoms with Gasteiger partial charge >= 0.3 is 0 Å². The summed E-state index contributed by atoms with van der Waals surface area (Å²) in [4.78, 5) is 4.31. The summed E-state index contributed by atoms with van der Waals surface area (Å²) in [6, 6.07) is 6.44. The molecule has 0 radical (unpaired) electrons. The van der Waals surface area contributed by atoms with Crippen molar-refractivity contribution in [2.75, 3.05) is 6.61 Å². The van der Waals surface area contributed by atoms with Crippen LogP contribution in [-0.4, -0.2) is 22.7 Å². The first-order valence-electron chi connectivity index (χ1n) is 6.64. The molecule has 1 saturated carbocycles. The van der Waals surface area contributed by atoms with Crippen LogP contribution >= 0.6 is 0 Å². The number of hydrogen-bond acceptors (Lipinski definition) is 3. The summed E-state index contributed by atoms with van der Waals surface area (Å²) in [5, 5.41) is 13.0. The first-order chi connectivity index (χ1) is 8.40. The summed E-state index contributed by atoms with van der Waals surface area (Å²) in [6.07, 6.45) is 7.99. The molecule has 0 saturated heterocycles. The van der Waals surface area contributed by atoms with Crippen LogP contribution in [0.1, 0.15) is 37.8 Å². The average Bonchev–Trinajstić information content (AvgIpc) is 2.62. The normalized spacial score (nSPS) is 25.5. The van der Waals surface area contributed by atoms with Crippen molar-refractivity contribution in [2.45, 2.75) is 44.7 Å². The minimum atomic E-state index is 0.305. The van der Waals surface area contributed by atoms with Crippen LogP contribution in [0, 0.1) is 5.92 Å². The van der Waals surface area contributed by atoms with Crippen molar-refractivity contribution in [1.82, 2.24) is 10.3 Å². The van der Waals surface area contributed by atoms with E-state index in [9.17, 15) is 5.11 Å². The summed E-state index contributed by atoms with van der Waals surface area (Å²) >= 11 is 0. The van der Waals surface area contributed by atoms with Crippen molar-refractivity contribution in [3.63, 3.8) is 0 Å². The van der Waals surface area contributed by atoms with Gasteiger partial charge in [0.25, 0.3) is 0 Å². The quantitative estimate of drug-likeness (QED) is 0.784. The highest BCUT2D eigenvalue weighted by atomic mass is 16.3. The highest BCUT2D eigenvalue weighted by molar-refractivity contribution is 5.03. The molecular weight excluding hydrogens is 212 g/mol. The van der Waals surface area contributed by atoms with E-state index in [1.165, 1.54) is 25.7 Å². The van der Waals surface area contributed by atoms with Gasteiger partial charge in [0.15, 0.2) is 0 Å². The summed E-state index contributed by atoms with van der Waals surface area (Å²) in [7, 11) is 0. The van der Waals surface area contributed by atoms with Gasteiger partial charge in [-0.2, -0.15) is 0 Å². The fourth-order valence-electron chi connectivity index (χ4n) is 2.61. The standard InChI is InChI=1S/C14H22N2O/c17-11-12-6-2-1-3-8-14(12)16-10-13-7-4-5-9-15-13/h4-5,7,9,12,14,16-17H,1-3,6,8,10-11H2. The molecule has 1 fully saturated rings. The van der Waals surface area contributed by atoms with E-state index < -0.39 is 0 Å². The third-order valence-corrected chi connectivity index (χ3v) is 3.67. The number of rotatable bonds is 4. The summed E-state index contributed by atoms with van der Waals surface area (Å²) in [5.41, 5.74) is 1.08. The lowest BCUT2D eigenvalue weighted by Crippen LogP contribution is -2.37. The number of pyridine rings is 1. The molecule has 3 nitrogen and oxygen atoms in total. The van der Waals surface area contributed by atoms with Gasteiger partial charge in [0.2, 0.25) is 0 Å². The van der Waals surface area contributed by atoms with Gasteiger partial charge < -0.3 is 10.4 Å². The Morgan fingerprint density at radius 2 is 2.12 bits per heavy atom. The molecule has 1 aliphatic carbocycles. The number of aliphatic hydroxyl groups excluding tert-OH is 1. The Kier molecular flexibility index (Phi) is 4.95. The second-order valence-electron chi connectivity index (χ2n) is 4.89. The summed E-state index contributed by atoms with van der Waals surface area (Å²) in [6.45, 7) is 1.11. The first kappa shape index (κ1) is 12.5. The van der Waals surface area contributed by atoms with Gasteiger partial charge in [-0.3, -0.25) is 4.98 Å². The zero-order valence-corrected chi connectivity index (χ0v) is 10.3. The van der Waals surface area contributed by atoms with E-state index in [2.05, 4.69) is 10.3 Å².